The lowest BCUT2D eigenvalue weighted by Crippen LogP contribution is -2.39. The van der Waals surface area contributed by atoms with Crippen molar-refractivity contribution in [2.75, 3.05) is 13.6 Å². The van der Waals surface area contributed by atoms with E-state index in [-0.39, 0.29) is 0 Å². The topological polar surface area (TPSA) is 20.3 Å². The van der Waals surface area contributed by atoms with Gasteiger partial charge in [0, 0.05) is 17.5 Å². The fraction of sp³-hybridized carbons (Fsp3) is 0.353. The maximum Gasteiger partial charge on any atom is 0.131 e. The fourth-order valence-corrected chi connectivity index (χ4v) is 3.27. The summed E-state index contributed by atoms with van der Waals surface area (Å²) in [5.74, 6) is 0. The molecule has 2 rings (SSSR count). The number of rotatable bonds is 6. The molecule has 0 saturated heterocycles. The zero-order valence-electron chi connectivity index (χ0n) is 12.2. The molecule has 1 heterocycles. The van der Waals surface area contributed by atoms with Crippen LogP contribution in [0.3, 0.4) is 0 Å². The molecule has 0 spiro atoms. The highest BCUT2D eigenvalue weighted by atomic mass is 32.1. The average Bonchev–Trinajstić information content (AvgIpc) is 3.01. The number of carbonyl (C=O) groups is 1. The number of carbonyl (C=O) groups excluding carboxylic acids is 1. The van der Waals surface area contributed by atoms with Gasteiger partial charge in [-0.3, -0.25) is 4.90 Å². The first-order valence-electron chi connectivity index (χ1n) is 6.82. The van der Waals surface area contributed by atoms with E-state index in [1.165, 1.54) is 4.88 Å². The third-order valence-corrected chi connectivity index (χ3v) is 4.93. The Morgan fingerprint density at radius 1 is 1.25 bits per heavy atom. The molecule has 2 aromatic rings. The van der Waals surface area contributed by atoms with Crippen LogP contribution in [-0.2, 0) is 10.2 Å². The van der Waals surface area contributed by atoms with E-state index in [2.05, 4.69) is 36.4 Å². The molecule has 1 aromatic carbocycles. The number of aldehydes is 1. The van der Waals surface area contributed by atoms with Crippen LogP contribution in [0.2, 0.25) is 0 Å². The molecule has 0 N–H and O–H groups in total. The first-order valence-corrected chi connectivity index (χ1v) is 7.70. The number of thiophene rings is 1. The highest BCUT2D eigenvalue weighted by Crippen LogP contribution is 2.28. The Balaban J connectivity index is 2.16. The van der Waals surface area contributed by atoms with Crippen LogP contribution in [0.5, 0.6) is 0 Å². The Labute approximate surface area is 125 Å². The zero-order valence-corrected chi connectivity index (χ0v) is 13.1. The van der Waals surface area contributed by atoms with E-state index in [4.69, 9.17) is 0 Å². The van der Waals surface area contributed by atoms with Crippen LogP contribution in [0.4, 0.5) is 0 Å². The van der Waals surface area contributed by atoms with Gasteiger partial charge in [0.05, 0.1) is 5.41 Å². The Hall–Kier alpha value is -1.45. The summed E-state index contributed by atoms with van der Waals surface area (Å²) in [6.45, 7) is 4.90. The van der Waals surface area contributed by atoms with Gasteiger partial charge in [0.15, 0.2) is 0 Å². The van der Waals surface area contributed by atoms with E-state index in [9.17, 15) is 4.79 Å². The quantitative estimate of drug-likeness (QED) is 0.751. The summed E-state index contributed by atoms with van der Waals surface area (Å²) < 4.78 is 0. The minimum absolute atomic E-state index is 0.318. The van der Waals surface area contributed by atoms with Crippen molar-refractivity contribution in [2.45, 2.75) is 25.3 Å². The molecule has 0 bridgehead atoms. The van der Waals surface area contributed by atoms with Gasteiger partial charge < -0.3 is 4.79 Å². The summed E-state index contributed by atoms with van der Waals surface area (Å²) in [6.07, 6.45) is 1.07. The molecule has 3 heteroatoms. The third kappa shape index (κ3) is 3.17. The lowest BCUT2D eigenvalue weighted by atomic mass is 9.83. The van der Waals surface area contributed by atoms with Gasteiger partial charge in [-0.25, -0.2) is 0 Å². The first-order chi connectivity index (χ1) is 9.57. The predicted molar refractivity (Wildman–Crippen MR) is 85.2 cm³/mol. The van der Waals surface area contributed by atoms with Crippen molar-refractivity contribution >= 4 is 17.6 Å². The first kappa shape index (κ1) is 14.9. The zero-order chi connectivity index (χ0) is 14.6. The van der Waals surface area contributed by atoms with Crippen molar-refractivity contribution < 1.29 is 4.79 Å². The van der Waals surface area contributed by atoms with E-state index >= 15 is 0 Å². The molecule has 0 radical (unpaired) electrons. The van der Waals surface area contributed by atoms with Crippen molar-refractivity contribution in [3.05, 3.63) is 58.3 Å². The van der Waals surface area contributed by atoms with Crippen LogP contribution in [0.15, 0.2) is 47.8 Å². The van der Waals surface area contributed by atoms with Crippen molar-refractivity contribution in [3.63, 3.8) is 0 Å². The second-order valence-electron chi connectivity index (χ2n) is 5.51. The summed E-state index contributed by atoms with van der Waals surface area (Å²) in [5, 5.41) is 2.09. The molecule has 20 heavy (non-hydrogen) atoms. The van der Waals surface area contributed by atoms with Crippen LogP contribution >= 0.6 is 11.3 Å². The van der Waals surface area contributed by atoms with Gasteiger partial charge in [0.2, 0.25) is 0 Å². The Bertz CT molecular complexity index is 537. The number of nitrogens with zero attached hydrogens (tertiary/aromatic N) is 1. The monoisotopic (exact) mass is 287 g/mol. The van der Waals surface area contributed by atoms with Crippen molar-refractivity contribution in [2.24, 2.45) is 0 Å². The molecule has 2 unspecified atom stereocenters. The van der Waals surface area contributed by atoms with Crippen molar-refractivity contribution in [3.8, 4) is 0 Å². The Kier molecular flexibility index (Phi) is 4.73. The molecular formula is C17H21NOS. The van der Waals surface area contributed by atoms with E-state index in [1.807, 2.05) is 37.3 Å². The highest BCUT2D eigenvalue weighted by molar-refractivity contribution is 7.10. The maximum atomic E-state index is 11.6. The third-order valence-electron chi connectivity index (χ3n) is 3.89. The Morgan fingerprint density at radius 3 is 2.50 bits per heavy atom. The van der Waals surface area contributed by atoms with Gasteiger partial charge in [-0.15, -0.1) is 11.3 Å². The van der Waals surface area contributed by atoms with Crippen LogP contribution < -0.4 is 0 Å². The molecule has 2 atom stereocenters. The predicted octanol–water partition coefficient (Wildman–Crippen LogP) is 3.90. The molecule has 0 aliphatic heterocycles. The van der Waals surface area contributed by atoms with Crippen LogP contribution in [0.1, 0.15) is 30.3 Å². The normalized spacial score (nSPS) is 15.8. The molecule has 0 amide bonds. The van der Waals surface area contributed by atoms with E-state index in [1.54, 1.807) is 11.3 Å². The largest absolute Gasteiger partial charge is 0.302 e. The molecule has 106 valence electrons. The molecule has 0 saturated carbocycles. The number of hydrogen-bond donors (Lipinski definition) is 0. The summed E-state index contributed by atoms with van der Waals surface area (Å²) in [4.78, 5) is 15.2. The minimum Gasteiger partial charge on any atom is -0.302 e. The van der Waals surface area contributed by atoms with Gasteiger partial charge in [-0.1, -0.05) is 36.4 Å². The highest BCUT2D eigenvalue weighted by Gasteiger charge is 2.29. The smallest absolute Gasteiger partial charge is 0.131 e. The van der Waals surface area contributed by atoms with Gasteiger partial charge in [-0.05, 0) is 37.9 Å². The SMILES string of the molecule is CC(c1cccs1)N(C)CC(C)(C=O)c1ccccc1. The van der Waals surface area contributed by atoms with Gasteiger partial charge in [-0.2, -0.15) is 0 Å². The van der Waals surface area contributed by atoms with E-state index in [0.29, 0.717) is 12.6 Å². The lowest BCUT2D eigenvalue weighted by molar-refractivity contribution is -0.112. The Morgan fingerprint density at radius 2 is 1.95 bits per heavy atom. The van der Waals surface area contributed by atoms with Gasteiger partial charge in [0.25, 0.3) is 0 Å². The summed E-state index contributed by atoms with van der Waals surface area (Å²) in [6, 6.07) is 14.5. The number of benzene rings is 1. The molecular weight excluding hydrogens is 266 g/mol. The van der Waals surface area contributed by atoms with Crippen molar-refractivity contribution in [1.29, 1.82) is 0 Å². The summed E-state index contributed by atoms with van der Waals surface area (Å²) in [7, 11) is 2.08. The molecule has 0 fully saturated rings. The van der Waals surface area contributed by atoms with Gasteiger partial charge in [0.1, 0.15) is 6.29 Å². The molecule has 2 nitrogen and oxygen atoms in total. The summed E-state index contributed by atoms with van der Waals surface area (Å²) in [5.41, 5.74) is 0.599. The average molecular weight is 287 g/mol. The second kappa shape index (κ2) is 6.33. The van der Waals surface area contributed by atoms with Crippen LogP contribution in [-0.4, -0.2) is 24.8 Å². The summed E-state index contributed by atoms with van der Waals surface area (Å²) >= 11 is 1.76. The second-order valence-corrected chi connectivity index (χ2v) is 6.49. The lowest BCUT2D eigenvalue weighted by Gasteiger charge is -2.32. The maximum absolute atomic E-state index is 11.6. The van der Waals surface area contributed by atoms with Crippen molar-refractivity contribution in [1.82, 2.24) is 4.90 Å². The van der Waals surface area contributed by atoms with E-state index in [0.717, 1.165) is 11.8 Å². The standard InChI is InChI=1S/C17H21NOS/c1-14(16-10-7-11-20-16)18(3)12-17(2,13-19)15-8-5-4-6-9-15/h4-11,13-14H,12H2,1-3H3. The fourth-order valence-electron chi connectivity index (χ4n) is 2.42. The number of hydrogen-bond acceptors (Lipinski definition) is 3. The molecule has 0 aliphatic rings. The van der Waals surface area contributed by atoms with Crippen LogP contribution in [0.25, 0.3) is 0 Å². The molecule has 0 aliphatic carbocycles. The number of likely N-dealkylation sites (N-methyl/N-ethyl adjacent to an activating group) is 1. The van der Waals surface area contributed by atoms with E-state index < -0.39 is 5.41 Å². The minimum atomic E-state index is -0.471. The van der Waals surface area contributed by atoms with Gasteiger partial charge >= 0.3 is 0 Å². The molecule has 1 aromatic heterocycles. The van der Waals surface area contributed by atoms with Crippen LogP contribution in [0, 0.1) is 0 Å².